The van der Waals surface area contributed by atoms with Gasteiger partial charge in [-0.1, -0.05) is 0 Å². The molecule has 0 spiro atoms. The highest BCUT2D eigenvalue weighted by atomic mass is 32.2. The van der Waals surface area contributed by atoms with Gasteiger partial charge in [-0.15, -0.1) is 4.91 Å². The summed E-state index contributed by atoms with van der Waals surface area (Å²) in [5.41, 5.74) is 1.92. The summed E-state index contributed by atoms with van der Waals surface area (Å²) in [4.78, 5) is 9.29. The Morgan fingerprint density at radius 3 is 2.44 bits per heavy atom. The van der Waals surface area contributed by atoms with Crippen LogP contribution >= 0.6 is 0 Å². The molecule has 0 fully saturated rings. The monoisotopic (exact) mass is 153 g/mol. The van der Waals surface area contributed by atoms with Gasteiger partial charge in [0.15, 0.2) is 0 Å². The Morgan fingerprint density at radius 2 is 2.11 bits per heavy atom. The zero-order valence-electron chi connectivity index (χ0n) is 4.57. The number of nitrogens with two attached hydrogens (primary N) is 1. The van der Waals surface area contributed by atoms with E-state index in [2.05, 4.69) is 10.4 Å². The largest absolute Gasteiger partial charge is 0.273 e. The van der Waals surface area contributed by atoms with Crippen LogP contribution in [0, 0.1) is 4.91 Å². The first-order valence-electron chi connectivity index (χ1n) is 2.12. The molecule has 0 rings (SSSR count). The molecular weight excluding hydrogens is 146 g/mol. The van der Waals surface area contributed by atoms with Crippen LogP contribution in [0.5, 0.6) is 0 Å². The van der Waals surface area contributed by atoms with Crippen molar-refractivity contribution in [1.29, 1.82) is 0 Å². The Morgan fingerprint density at radius 1 is 1.56 bits per heavy atom. The second-order valence-corrected chi connectivity index (χ2v) is 3.10. The lowest BCUT2D eigenvalue weighted by molar-refractivity contribution is 0.593. The maximum absolute atomic E-state index is 10.1. The van der Waals surface area contributed by atoms with E-state index in [1.165, 1.54) is 0 Å². The van der Waals surface area contributed by atoms with E-state index in [0.717, 1.165) is 0 Å². The Balaban J connectivity index is 3.40. The molecule has 0 aromatic rings. The number of nitroso groups, excluding NO2 is 1. The smallest absolute Gasteiger partial charge is 0.210 e. The Hall–Kier alpha value is -0.690. The molecule has 0 aliphatic heterocycles. The van der Waals surface area contributed by atoms with Gasteiger partial charge in [-0.05, 0) is 0 Å². The summed E-state index contributed by atoms with van der Waals surface area (Å²) in [5.74, 6) is -0.279. The summed E-state index contributed by atoms with van der Waals surface area (Å²) in [6.07, 6.45) is 0. The van der Waals surface area contributed by atoms with Crippen molar-refractivity contribution in [2.45, 2.75) is 0 Å². The van der Waals surface area contributed by atoms with Crippen molar-refractivity contribution in [3.8, 4) is 0 Å². The molecule has 0 saturated heterocycles. The van der Waals surface area contributed by atoms with Gasteiger partial charge >= 0.3 is 0 Å². The van der Waals surface area contributed by atoms with Gasteiger partial charge in [0.2, 0.25) is 10.0 Å². The zero-order valence-corrected chi connectivity index (χ0v) is 5.39. The van der Waals surface area contributed by atoms with E-state index in [1.807, 2.05) is 5.43 Å². The number of rotatable bonds is 4. The van der Waals surface area contributed by atoms with Gasteiger partial charge in [0, 0.05) is 5.29 Å². The summed E-state index contributed by atoms with van der Waals surface area (Å²) in [7, 11) is -3.46. The van der Waals surface area contributed by atoms with E-state index in [0.29, 0.717) is 0 Å². The Kier molecular flexibility index (Phi) is 3.10. The van der Waals surface area contributed by atoms with E-state index >= 15 is 0 Å². The molecule has 54 valence electrons. The lowest BCUT2D eigenvalue weighted by Crippen LogP contribution is -2.24. The highest BCUT2D eigenvalue weighted by Crippen LogP contribution is 1.72. The van der Waals surface area contributed by atoms with Crippen molar-refractivity contribution >= 4 is 10.0 Å². The maximum Gasteiger partial charge on any atom is 0.210 e. The van der Waals surface area contributed by atoms with Crippen LogP contribution in [0.15, 0.2) is 5.29 Å². The number of nitrogens with one attached hydrogen (secondary N) is 1. The van der Waals surface area contributed by atoms with Crippen molar-refractivity contribution < 1.29 is 8.42 Å². The van der Waals surface area contributed by atoms with Gasteiger partial charge in [-0.25, -0.2) is 13.6 Å². The second-order valence-electron chi connectivity index (χ2n) is 1.37. The molecule has 0 amide bonds. The summed E-state index contributed by atoms with van der Waals surface area (Å²) in [6, 6.07) is 0. The van der Waals surface area contributed by atoms with Crippen molar-refractivity contribution in [2.75, 3.05) is 12.3 Å². The summed E-state index contributed by atoms with van der Waals surface area (Å²) < 4.78 is 20.2. The summed E-state index contributed by atoms with van der Waals surface area (Å²) in [6.45, 7) is -0.0394. The quantitative estimate of drug-likeness (QED) is 0.293. The molecule has 0 bridgehead atoms. The minimum atomic E-state index is -3.46. The third-order valence-electron chi connectivity index (χ3n) is 0.563. The van der Waals surface area contributed by atoms with Crippen LogP contribution in [0.25, 0.3) is 0 Å². The van der Waals surface area contributed by atoms with Crippen LogP contribution < -0.4 is 10.6 Å². The van der Waals surface area contributed by atoms with Gasteiger partial charge in [0.05, 0.1) is 12.3 Å². The second kappa shape index (κ2) is 3.36. The average molecular weight is 153 g/mol. The van der Waals surface area contributed by atoms with Gasteiger partial charge in [0.25, 0.3) is 0 Å². The lowest BCUT2D eigenvalue weighted by atomic mass is 10.8. The molecule has 6 nitrogen and oxygen atoms in total. The minimum absolute atomic E-state index is 0.0394. The number of hydrogen-bond donors (Lipinski definition) is 2. The molecule has 0 aliphatic carbocycles. The van der Waals surface area contributed by atoms with Crippen LogP contribution in [0.4, 0.5) is 0 Å². The lowest BCUT2D eigenvalue weighted by Gasteiger charge is -1.92. The first kappa shape index (κ1) is 8.31. The molecule has 9 heavy (non-hydrogen) atoms. The molecule has 3 N–H and O–H groups in total. The highest BCUT2D eigenvalue weighted by molar-refractivity contribution is 7.89. The highest BCUT2D eigenvalue weighted by Gasteiger charge is 1.99. The van der Waals surface area contributed by atoms with Crippen molar-refractivity contribution in [2.24, 2.45) is 10.4 Å². The Labute approximate surface area is 52.4 Å². The summed E-state index contributed by atoms with van der Waals surface area (Å²) >= 11 is 0. The fourth-order valence-electron chi connectivity index (χ4n) is 0.234. The standard InChI is InChI=1S/C2H7N3O3S/c3-9(7,8)2-1-4-5-6/h1-2H2,(H,4,6)(H2,3,7,8). The molecule has 0 radical (unpaired) electrons. The normalized spacial score (nSPS) is 10.8. The third-order valence-corrected chi connectivity index (χ3v) is 1.34. The van der Waals surface area contributed by atoms with Gasteiger partial charge in [-0.3, -0.25) is 5.43 Å². The molecule has 0 unspecified atom stereocenters. The number of nitrogens with zero attached hydrogens (tertiary/aromatic N) is 1. The van der Waals surface area contributed by atoms with Crippen LogP contribution in [-0.2, 0) is 10.0 Å². The maximum atomic E-state index is 10.1. The van der Waals surface area contributed by atoms with Gasteiger partial charge in [-0.2, -0.15) is 0 Å². The SMILES string of the molecule is NS(=O)(=O)CCNN=O. The molecule has 0 aromatic carbocycles. The Bertz CT molecular complexity index is 173. The fraction of sp³-hybridized carbons (Fsp3) is 1.00. The van der Waals surface area contributed by atoms with Gasteiger partial charge in [0.1, 0.15) is 0 Å². The number of primary sulfonamides is 1. The van der Waals surface area contributed by atoms with E-state index < -0.39 is 10.0 Å². The predicted molar refractivity (Wildman–Crippen MR) is 31.8 cm³/mol. The predicted octanol–water partition coefficient (Wildman–Crippen LogP) is -1.45. The number of sulfonamides is 1. The zero-order chi connectivity index (χ0) is 7.33. The van der Waals surface area contributed by atoms with Crippen molar-refractivity contribution in [1.82, 2.24) is 5.43 Å². The van der Waals surface area contributed by atoms with Crippen LogP contribution in [-0.4, -0.2) is 20.7 Å². The fourth-order valence-corrected chi connectivity index (χ4v) is 0.609. The van der Waals surface area contributed by atoms with E-state index in [-0.39, 0.29) is 12.3 Å². The number of hydrogen-bond acceptors (Lipinski definition) is 4. The molecule has 0 aliphatic rings. The minimum Gasteiger partial charge on any atom is -0.273 e. The van der Waals surface area contributed by atoms with E-state index in [4.69, 9.17) is 0 Å². The topological polar surface area (TPSA) is 102 Å². The van der Waals surface area contributed by atoms with E-state index in [9.17, 15) is 13.3 Å². The van der Waals surface area contributed by atoms with Crippen LogP contribution in [0.3, 0.4) is 0 Å². The third kappa shape index (κ3) is 7.31. The van der Waals surface area contributed by atoms with E-state index in [1.54, 1.807) is 0 Å². The van der Waals surface area contributed by atoms with Gasteiger partial charge < -0.3 is 0 Å². The first-order valence-corrected chi connectivity index (χ1v) is 3.83. The average Bonchev–Trinajstić information content (AvgIpc) is 1.63. The molecule has 0 saturated carbocycles. The summed E-state index contributed by atoms with van der Waals surface area (Å²) in [5, 5.41) is 6.78. The van der Waals surface area contributed by atoms with Crippen molar-refractivity contribution in [3.05, 3.63) is 4.91 Å². The molecule has 7 heteroatoms. The first-order chi connectivity index (χ1) is 4.06. The molecule has 0 heterocycles. The molecular formula is C2H7N3O3S. The van der Waals surface area contributed by atoms with Crippen LogP contribution in [0.2, 0.25) is 0 Å². The molecule has 0 atom stereocenters. The van der Waals surface area contributed by atoms with Crippen molar-refractivity contribution in [3.63, 3.8) is 0 Å². The van der Waals surface area contributed by atoms with Crippen LogP contribution in [0.1, 0.15) is 0 Å². The molecule has 0 aromatic heterocycles.